The van der Waals surface area contributed by atoms with Gasteiger partial charge in [0.25, 0.3) is 0 Å². The molecule has 7 heteroatoms. The summed E-state index contributed by atoms with van der Waals surface area (Å²) in [6.45, 7) is 16.6. The van der Waals surface area contributed by atoms with Gasteiger partial charge in [0.1, 0.15) is 26.7 Å². The molecule has 11 atom stereocenters. The van der Waals surface area contributed by atoms with Crippen LogP contribution in [0.2, 0.25) is 0 Å². The van der Waals surface area contributed by atoms with Crippen molar-refractivity contribution in [3.05, 3.63) is 0 Å². The van der Waals surface area contributed by atoms with Crippen LogP contribution in [0.1, 0.15) is 99.3 Å². The van der Waals surface area contributed by atoms with Gasteiger partial charge in [0.2, 0.25) is 0 Å². The molecule has 0 heterocycles. The van der Waals surface area contributed by atoms with Gasteiger partial charge in [0.05, 0.1) is 18.3 Å². The summed E-state index contributed by atoms with van der Waals surface area (Å²) in [5, 5.41) is 0. The molecule has 4 fully saturated rings. The van der Waals surface area contributed by atoms with E-state index in [0.29, 0.717) is 82.1 Å². The molecule has 0 radical (unpaired) electrons. The fourth-order valence-corrected chi connectivity index (χ4v) is 9.83. The molecule has 4 aliphatic rings. The summed E-state index contributed by atoms with van der Waals surface area (Å²) in [5.74, 6) is 3.11. The quantitative estimate of drug-likeness (QED) is 0.118. The highest BCUT2D eigenvalue weighted by atomic mass is 16.7. The number of hydrogen-bond acceptors (Lipinski definition) is 7. The Kier molecular flexibility index (Phi) is 11.9. The highest BCUT2D eigenvalue weighted by Gasteiger charge is 2.66. The largest absolute Gasteiger partial charge is 0.356 e. The molecule has 40 heavy (non-hydrogen) atoms. The first kappa shape index (κ1) is 32.3. The summed E-state index contributed by atoms with van der Waals surface area (Å²) in [6, 6.07) is 0. The molecule has 0 aromatic heterocycles. The predicted molar refractivity (Wildman–Crippen MR) is 155 cm³/mol. The van der Waals surface area contributed by atoms with Gasteiger partial charge in [0, 0.05) is 31.7 Å². The third-order valence-electron chi connectivity index (χ3n) is 11.9. The van der Waals surface area contributed by atoms with Gasteiger partial charge < -0.3 is 33.2 Å². The Balaban J connectivity index is 1.64. The number of ether oxygens (including phenoxy) is 6. The van der Waals surface area contributed by atoms with E-state index >= 15 is 0 Å². The second kappa shape index (κ2) is 14.7. The van der Waals surface area contributed by atoms with Gasteiger partial charge in [-0.15, -0.1) is 0 Å². The summed E-state index contributed by atoms with van der Waals surface area (Å²) >= 11 is 0. The molecule has 3 unspecified atom stereocenters. The van der Waals surface area contributed by atoms with E-state index in [1.165, 1.54) is 19.3 Å². The zero-order valence-corrected chi connectivity index (χ0v) is 26.2. The molecule has 0 aromatic carbocycles. The summed E-state index contributed by atoms with van der Waals surface area (Å²) in [5.41, 5.74) is 0.270. The number of carbonyl (C=O) groups excluding carboxylic acids is 1. The second-order valence-electron chi connectivity index (χ2n) is 13.5. The third kappa shape index (κ3) is 6.50. The van der Waals surface area contributed by atoms with Crippen molar-refractivity contribution in [2.45, 2.75) is 118 Å². The molecule has 7 nitrogen and oxygen atoms in total. The summed E-state index contributed by atoms with van der Waals surface area (Å²) < 4.78 is 36.6. The van der Waals surface area contributed by atoms with E-state index in [-0.39, 0.29) is 29.1 Å². The van der Waals surface area contributed by atoms with Crippen LogP contribution in [0.25, 0.3) is 0 Å². The fourth-order valence-electron chi connectivity index (χ4n) is 9.83. The van der Waals surface area contributed by atoms with Gasteiger partial charge in [-0.05, 0) is 113 Å². The van der Waals surface area contributed by atoms with Gasteiger partial charge in [-0.2, -0.15) is 0 Å². The lowest BCUT2D eigenvalue weighted by Gasteiger charge is -2.64. The Morgan fingerprint density at radius 3 is 2.17 bits per heavy atom. The fraction of sp³-hybridized carbons (Fsp3) is 0.970. The molecule has 4 aliphatic carbocycles. The van der Waals surface area contributed by atoms with Crippen molar-refractivity contribution < 1.29 is 33.2 Å². The molecule has 4 rings (SSSR count). The van der Waals surface area contributed by atoms with Crippen LogP contribution < -0.4 is 0 Å². The van der Waals surface area contributed by atoms with Crippen molar-refractivity contribution >= 4 is 6.29 Å². The van der Waals surface area contributed by atoms with Crippen molar-refractivity contribution in [2.24, 2.45) is 46.3 Å². The number of aldehydes is 1. The van der Waals surface area contributed by atoms with Crippen molar-refractivity contribution in [2.75, 3.05) is 40.2 Å². The molecule has 0 amide bonds. The molecule has 4 saturated carbocycles. The van der Waals surface area contributed by atoms with Gasteiger partial charge in [-0.1, -0.05) is 20.8 Å². The Morgan fingerprint density at radius 2 is 1.50 bits per heavy atom. The number of carbonyl (C=O) groups is 1. The average molecular weight is 567 g/mol. The highest BCUT2D eigenvalue weighted by Crippen LogP contribution is 2.69. The minimum absolute atomic E-state index is 0.0365. The van der Waals surface area contributed by atoms with Gasteiger partial charge >= 0.3 is 0 Å². The zero-order valence-electron chi connectivity index (χ0n) is 26.2. The van der Waals surface area contributed by atoms with E-state index in [4.69, 9.17) is 28.4 Å². The second-order valence-corrected chi connectivity index (χ2v) is 13.5. The van der Waals surface area contributed by atoms with E-state index in [0.717, 1.165) is 38.4 Å². The van der Waals surface area contributed by atoms with Crippen molar-refractivity contribution in [3.63, 3.8) is 0 Å². The lowest BCUT2D eigenvalue weighted by Crippen LogP contribution is -2.63. The molecule has 0 aromatic rings. The number of hydrogen-bond donors (Lipinski definition) is 0. The first-order valence-electron chi connectivity index (χ1n) is 16.4. The predicted octanol–water partition coefficient (Wildman–Crippen LogP) is 6.62. The number of fused-ring (bicyclic) bond motifs is 5. The van der Waals surface area contributed by atoms with Crippen LogP contribution in [0.5, 0.6) is 0 Å². The van der Waals surface area contributed by atoms with E-state index in [1.807, 2.05) is 20.8 Å². The van der Waals surface area contributed by atoms with Crippen LogP contribution in [0.4, 0.5) is 0 Å². The normalized spacial score (nSPS) is 41.6. The smallest absolute Gasteiger partial charge is 0.147 e. The molecular formula is C33H58O7. The minimum Gasteiger partial charge on any atom is -0.356 e. The lowest BCUT2D eigenvalue weighted by molar-refractivity contribution is -0.252. The minimum atomic E-state index is 0.0365. The van der Waals surface area contributed by atoms with Crippen LogP contribution in [-0.2, 0) is 33.2 Å². The monoisotopic (exact) mass is 566 g/mol. The van der Waals surface area contributed by atoms with Gasteiger partial charge in [0.15, 0.2) is 0 Å². The zero-order chi connectivity index (χ0) is 28.8. The first-order chi connectivity index (χ1) is 19.3. The molecular weight excluding hydrogens is 508 g/mol. The maximum atomic E-state index is 11.3. The standard InChI is InChI=1S/C33H58O7/c1-7-35-20-38-25-14-15-32(5)24(17-25)18-29(39-21-36-8-2)31-27-13-12-26(23(4)11-10-16-34)33(27,6)30(19-28(31)32)40-22-37-9-3/h16,23-31H,7-15,17-22H2,1-6H3/t23-,24+,25-,26-,27?,28?,29-,30+,31?,32+,33-/m1/s1. The molecule has 0 spiro atoms. The lowest BCUT2D eigenvalue weighted by atomic mass is 9.43. The summed E-state index contributed by atoms with van der Waals surface area (Å²) in [4.78, 5) is 11.3. The Labute approximate surface area is 243 Å². The van der Waals surface area contributed by atoms with Crippen LogP contribution in [-0.4, -0.2) is 64.8 Å². The van der Waals surface area contributed by atoms with Gasteiger partial charge in [-0.3, -0.25) is 0 Å². The summed E-state index contributed by atoms with van der Waals surface area (Å²) in [7, 11) is 0. The third-order valence-corrected chi connectivity index (χ3v) is 11.9. The van der Waals surface area contributed by atoms with E-state index in [9.17, 15) is 4.79 Å². The maximum absolute atomic E-state index is 11.3. The molecule has 0 N–H and O–H groups in total. The molecule has 232 valence electrons. The first-order valence-corrected chi connectivity index (χ1v) is 16.4. The Hall–Kier alpha value is -0.570. The Morgan fingerprint density at radius 1 is 0.825 bits per heavy atom. The van der Waals surface area contributed by atoms with Crippen molar-refractivity contribution in [3.8, 4) is 0 Å². The molecule has 0 aliphatic heterocycles. The van der Waals surface area contributed by atoms with Crippen LogP contribution in [0.3, 0.4) is 0 Å². The maximum Gasteiger partial charge on any atom is 0.147 e. The average Bonchev–Trinajstić information content (AvgIpc) is 3.31. The van der Waals surface area contributed by atoms with Crippen LogP contribution in [0.15, 0.2) is 0 Å². The van der Waals surface area contributed by atoms with Gasteiger partial charge in [-0.25, -0.2) is 0 Å². The van der Waals surface area contributed by atoms with E-state index in [2.05, 4.69) is 20.8 Å². The SMILES string of the molecule is CCOCO[C@@H]1CC[C@]2(C)C3C[C@H](OCOCC)[C@@]4(C)C(CC[C@@H]4[C@H](C)CCC=O)C3[C@H](OCOCC)C[C@@H]2C1. The van der Waals surface area contributed by atoms with Crippen molar-refractivity contribution in [1.82, 2.24) is 0 Å². The Bertz CT molecular complexity index is 778. The highest BCUT2D eigenvalue weighted by molar-refractivity contribution is 5.49. The number of rotatable bonds is 16. The van der Waals surface area contributed by atoms with Crippen molar-refractivity contribution in [1.29, 1.82) is 0 Å². The van der Waals surface area contributed by atoms with E-state index in [1.54, 1.807) is 0 Å². The topological polar surface area (TPSA) is 72.5 Å². The summed E-state index contributed by atoms with van der Waals surface area (Å²) in [6.07, 6.45) is 11.1. The van der Waals surface area contributed by atoms with Crippen LogP contribution >= 0.6 is 0 Å². The molecule has 0 saturated heterocycles. The van der Waals surface area contributed by atoms with Crippen LogP contribution in [0, 0.1) is 46.3 Å². The molecule has 0 bridgehead atoms. The van der Waals surface area contributed by atoms with E-state index < -0.39 is 0 Å².